The van der Waals surface area contributed by atoms with Crippen LogP contribution in [-0.2, 0) is 11.3 Å². The number of guanidine groups is 1. The lowest BCUT2D eigenvalue weighted by Crippen LogP contribution is -2.41. The van der Waals surface area contributed by atoms with Crippen LogP contribution in [-0.4, -0.2) is 37.7 Å². The highest BCUT2D eigenvalue weighted by Crippen LogP contribution is 2.10. The van der Waals surface area contributed by atoms with Crippen molar-refractivity contribution in [1.29, 1.82) is 0 Å². The highest BCUT2D eigenvalue weighted by atomic mass is 127. The molecule has 4 N–H and O–H groups in total. The molecule has 1 saturated heterocycles. The summed E-state index contributed by atoms with van der Waals surface area (Å²) < 4.78 is 5.59. The van der Waals surface area contributed by atoms with Gasteiger partial charge in [0.05, 0.1) is 12.6 Å². The van der Waals surface area contributed by atoms with Crippen molar-refractivity contribution in [1.82, 2.24) is 10.6 Å². The molecule has 1 heterocycles. The third-order valence-corrected chi connectivity index (χ3v) is 3.52. The van der Waals surface area contributed by atoms with Crippen LogP contribution in [0.15, 0.2) is 29.3 Å². The lowest BCUT2D eigenvalue weighted by molar-refractivity contribution is 0.1000. The Morgan fingerprint density at radius 3 is 2.65 bits per heavy atom. The predicted octanol–water partition coefficient (Wildman–Crippen LogP) is 1.64. The first-order valence-corrected chi connectivity index (χ1v) is 7.71. The molecule has 128 valence electrons. The van der Waals surface area contributed by atoms with Gasteiger partial charge in [0, 0.05) is 25.3 Å². The predicted molar refractivity (Wildman–Crippen MR) is 102 cm³/mol. The van der Waals surface area contributed by atoms with Gasteiger partial charge >= 0.3 is 0 Å². The zero-order chi connectivity index (χ0) is 15.8. The van der Waals surface area contributed by atoms with Crippen LogP contribution < -0.4 is 16.4 Å². The van der Waals surface area contributed by atoms with Crippen LogP contribution in [0.25, 0.3) is 0 Å². The maximum atomic E-state index is 11.0. The molecule has 1 aromatic rings. The van der Waals surface area contributed by atoms with Crippen molar-refractivity contribution in [2.75, 3.05) is 19.7 Å². The number of amides is 1. The van der Waals surface area contributed by atoms with E-state index in [0.29, 0.717) is 12.1 Å². The number of nitrogens with two attached hydrogens (primary N) is 1. The number of carbonyl (C=O) groups is 1. The topological polar surface area (TPSA) is 88.7 Å². The number of benzene rings is 1. The molecule has 1 amide bonds. The summed E-state index contributed by atoms with van der Waals surface area (Å²) in [6, 6.07) is 7.18. The second-order valence-electron chi connectivity index (χ2n) is 5.27. The van der Waals surface area contributed by atoms with Crippen molar-refractivity contribution >= 4 is 35.8 Å². The van der Waals surface area contributed by atoms with E-state index in [1.807, 2.05) is 19.1 Å². The molecule has 0 aromatic heterocycles. The molecule has 0 aliphatic carbocycles. The Bertz CT molecular complexity index is 513. The van der Waals surface area contributed by atoms with Crippen molar-refractivity contribution in [2.45, 2.75) is 32.4 Å². The molecule has 7 heteroatoms. The Balaban J connectivity index is 0.00000264. The van der Waals surface area contributed by atoms with E-state index in [-0.39, 0.29) is 30.1 Å². The smallest absolute Gasteiger partial charge is 0.248 e. The Labute approximate surface area is 154 Å². The summed E-state index contributed by atoms with van der Waals surface area (Å²) in [6.07, 6.45) is 2.51. The molecule has 2 rings (SSSR count). The Kier molecular flexibility index (Phi) is 8.93. The first-order valence-electron chi connectivity index (χ1n) is 7.71. The summed E-state index contributed by atoms with van der Waals surface area (Å²) in [5.74, 6) is 0.360. The molecule has 1 aliphatic rings. The molecule has 1 aliphatic heterocycles. The van der Waals surface area contributed by atoms with E-state index in [1.54, 1.807) is 12.1 Å². The van der Waals surface area contributed by atoms with E-state index in [4.69, 9.17) is 10.5 Å². The molecule has 0 saturated carbocycles. The van der Waals surface area contributed by atoms with Crippen LogP contribution in [0.4, 0.5) is 0 Å². The average Bonchev–Trinajstić information content (AvgIpc) is 3.04. The second kappa shape index (κ2) is 10.4. The third-order valence-electron chi connectivity index (χ3n) is 3.52. The van der Waals surface area contributed by atoms with Gasteiger partial charge in [0.15, 0.2) is 5.96 Å². The van der Waals surface area contributed by atoms with Gasteiger partial charge in [-0.3, -0.25) is 4.79 Å². The molecule has 0 radical (unpaired) electrons. The van der Waals surface area contributed by atoms with Gasteiger partial charge in [0.25, 0.3) is 0 Å². The third kappa shape index (κ3) is 6.74. The first-order chi connectivity index (χ1) is 10.7. The largest absolute Gasteiger partial charge is 0.376 e. The fourth-order valence-electron chi connectivity index (χ4n) is 2.30. The summed E-state index contributed by atoms with van der Waals surface area (Å²) in [5, 5.41) is 6.52. The first kappa shape index (κ1) is 19.7. The van der Waals surface area contributed by atoms with Gasteiger partial charge < -0.3 is 21.1 Å². The van der Waals surface area contributed by atoms with Gasteiger partial charge in [-0.1, -0.05) is 12.1 Å². The van der Waals surface area contributed by atoms with Gasteiger partial charge in [-0.2, -0.15) is 0 Å². The summed E-state index contributed by atoms with van der Waals surface area (Å²) in [7, 11) is 0. The summed E-state index contributed by atoms with van der Waals surface area (Å²) >= 11 is 0. The fraction of sp³-hybridized carbons (Fsp3) is 0.500. The van der Waals surface area contributed by atoms with Crippen molar-refractivity contribution in [3.63, 3.8) is 0 Å². The lowest BCUT2D eigenvalue weighted by Gasteiger charge is -2.14. The van der Waals surface area contributed by atoms with Crippen LogP contribution in [0, 0.1) is 0 Å². The minimum Gasteiger partial charge on any atom is -0.376 e. The van der Waals surface area contributed by atoms with Gasteiger partial charge in [0.1, 0.15) is 0 Å². The molecule has 0 bridgehead atoms. The highest BCUT2D eigenvalue weighted by Gasteiger charge is 2.15. The average molecular weight is 432 g/mol. The maximum absolute atomic E-state index is 11.0. The molecule has 1 unspecified atom stereocenters. The molecule has 23 heavy (non-hydrogen) atoms. The van der Waals surface area contributed by atoms with Crippen molar-refractivity contribution in [3.05, 3.63) is 35.4 Å². The van der Waals surface area contributed by atoms with Crippen molar-refractivity contribution in [2.24, 2.45) is 10.7 Å². The van der Waals surface area contributed by atoms with E-state index in [9.17, 15) is 4.79 Å². The molecule has 1 fully saturated rings. The van der Waals surface area contributed by atoms with Gasteiger partial charge in [-0.25, -0.2) is 4.99 Å². The molecular weight excluding hydrogens is 407 g/mol. The quantitative estimate of drug-likeness (QED) is 0.362. The Hall–Kier alpha value is -1.35. The monoisotopic (exact) mass is 432 g/mol. The molecule has 0 spiro atoms. The van der Waals surface area contributed by atoms with E-state index in [0.717, 1.165) is 44.1 Å². The second-order valence-corrected chi connectivity index (χ2v) is 5.27. The van der Waals surface area contributed by atoms with Crippen molar-refractivity contribution in [3.8, 4) is 0 Å². The fourth-order valence-corrected chi connectivity index (χ4v) is 2.30. The number of hydrogen-bond donors (Lipinski definition) is 3. The zero-order valence-electron chi connectivity index (χ0n) is 13.4. The van der Waals surface area contributed by atoms with Crippen LogP contribution in [0.2, 0.25) is 0 Å². The summed E-state index contributed by atoms with van der Waals surface area (Å²) in [5.41, 5.74) is 6.76. The molecular formula is C16H25IN4O2. The van der Waals surface area contributed by atoms with Gasteiger partial charge in [-0.15, -0.1) is 24.0 Å². The van der Waals surface area contributed by atoms with Gasteiger partial charge in [0.2, 0.25) is 5.91 Å². The van der Waals surface area contributed by atoms with E-state index in [1.165, 1.54) is 0 Å². The SMILES string of the molecule is CCNC(=NCc1ccc(C(N)=O)cc1)NCC1CCCO1.I. The van der Waals surface area contributed by atoms with E-state index in [2.05, 4.69) is 15.6 Å². The molecule has 1 atom stereocenters. The number of carbonyl (C=O) groups excluding carboxylic acids is 1. The number of hydrogen-bond acceptors (Lipinski definition) is 3. The number of nitrogens with zero attached hydrogens (tertiary/aromatic N) is 1. The lowest BCUT2D eigenvalue weighted by atomic mass is 10.1. The van der Waals surface area contributed by atoms with Crippen LogP contribution >= 0.6 is 24.0 Å². The minimum atomic E-state index is -0.415. The van der Waals surface area contributed by atoms with Crippen LogP contribution in [0.5, 0.6) is 0 Å². The number of primary amides is 1. The Morgan fingerprint density at radius 2 is 2.09 bits per heavy atom. The van der Waals surface area contributed by atoms with E-state index < -0.39 is 5.91 Å². The maximum Gasteiger partial charge on any atom is 0.248 e. The standard InChI is InChI=1S/C16H24N4O2.HI/c1-2-18-16(20-11-14-4-3-9-22-14)19-10-12-5-7-13(8-6-12)15(17)21;/h5-8,14H,2-4,9-11H2,1H3,(H2,17,21)(H2,18,19,20);1H. The Morgan fingerprint density at radius 1 is 1.35 bits per heavy atom. The summed E-state index contributed by atoms with van der Waals surface area (Å²) in [4.78, 5) is 15.6. The molecule has 1 aromatic carbocycles. The number of ether oxygens (including phenoxy) is 1. The number of nitrogens with one attached hydrogen (secondary N) is 2. The van der Waals surface area contributed by atoms with Crippen molar-refractivity contribution < 1.29 is 9.53 Å². The normalized spacial score (nSPS) is 17.4. The number of halogens is 1. The van der Waals surface area contributed by atoms with Crippen LogP contribution in [0.1, 0.15) is 35.7 Å². The van der Waals surface area contributed by atoms with E-state index >= 15 is 0 Å². The number of aliphatic imine (C=N–C) groups is 1. The van der Waals surface area contributed by atoms with Gasteiger partial charge in [-0.05, 0) is 37.5 Å². The highest BCUT2D eigenvalue weighted by molar-refractivity contribution is 14.0. The summed E-state index contributed by atoms with van der Waals surface area (Å²) in [6.45, 7) is 5.00. The zero-order valence-corrected chi connectivity index (χ0v) is 15.7. The minimum absolute atomic E-state index is 0. The van der Waals surface area contributed by atoms with Crippen LogP contribution in [0.3, 0.4) is 0 Å². The number of rotatable bonds is 6. The molecule has 6 nitrogen and oxygen atoms in total.